The molecule has 0 amide bonds. The fourth-order valence-corrected chi connectivity index (χ4v) is 2.56. The Labute approximate surface area is 123 Å². The van der Waals surface area contributed by atoms with Crippen molar-refractivity contribution < 1.29 is 18.9 Å². The van der Waals surface area contributed by atoms with Crippen molar-refractivity contribution in [1.29, 1.82) is 0 Å². The summed E-state index contributed by atoms with van der Waals surface area (Å²) in [5, 5.41) is 3.48. The molecule has 20 heavy (non-hydrogen) atoms. The van der Waals surface area contributed by atoms with Crippen molar-refractivity contribution in [3.8, 4) is 0 Å². The second-order valence-electron chi connectivity index (χ2n) is 5.53. The van der Waals surface area contributed by atoms with Crippen molar-refractivity contribution in [3.05, 3.63) is 0 Å². The van der Waals surface area contributed by atoms with Crippen LogP contribution in [0.25, 0.3) is 0 Å². The molecule has 120 valence electrons. The summed E-state index contributed by atoms with van der Waals surface area (Å²) in [6.07, 6.45) is 4.39. The van der Waals surface area contributed by atoms with Crippen LogP contribution >= 0.6 is 0 Å². The first kappa shape index (κ1) is 17.9. The number of ether oxygens (including phenoxy) is 4. The first-order chi connectivity index (χ1) is 9.83. The second-order valence-corrected chi connectivity index (χ2v) is 5.53. The standard InChI is InChI=1S/C15H31NO4/c1-17-8-4-10-19-11-6-15(5-3-9-20-14-15)13-16-7-12-18-2/h16H,3-14H2,1-2H3. The summed E-state index contributed by atoms with van der Waals surface area (Å²) >= 11 is 0. The Bertz CT molecular complexity index is 220. The first-order valence-electron chi connectivity index (χ1n) is 7.67. The molecule has 0 bridgehead atoms. The summed E-state index contributed by atoms with van der Waals surface area (Å²) in [5.74, 6) is 0. The van der Waals surface area contributed by atoms with Gasteiger partial charge in [-0.3, -0.25) is 0 Å². The molecule has 0 saturated carbocycles. The van der Waals surface area contributed by atoms with Gasteiger partial charge in [-0.2, -0.15) is 0 Å². The highest BCUT2D eigenvalue weighted by atomic mass is 16.5. The van der Waals surface area contributed by atoms with Gasteiger partial charge < -0.3 is 24.3 Å². The molecule has 1 rings (SSSR count). The smallest absolute Gasteiger partial charge is 0.0587 e. The molecule has 0 aromatic carbocycles. The summed E-state index contributed by atoms with van der Waals surface area (Å²) < 4.78 is 21.5. The van der Waals surface area contributed by atoms with Crippen molar-refractivity contribution in [2.45, 2.75) is 25.7 Å². The van der Waals surface area contributed by atoms with Crippen molar-refractivity contribution in [3.63, 3.8) is 0 Å². The predicted octanol–water partition coefficient (Wildman–Crippen LogP) is 1.46. The van der Waals surface area contributed by atoms with Gasteiger partial charge >= 0.3 is 0 Å². The Morgan fingerprint density at radius 2 is 1.95 bits per heavy atom. The summed E-state index contributed by atoms with van der Waals surface area (Å²) in [4.78, 5) is 0. The fourth-order valence-electron chi connectivity index (χ4n) is 2.56. The van der Waals surface area contributed by atoms with E-state index in [0.29, 0.717) is 0 Å². The van der Waals surface area contributed by atoms with Crippen LogP contribution in [-0.2, 0) is 18.9 Å². The molecule has 0 aliphatic carbocycles. The number of hydrogen-bond acceptors (Lipinski definition) is 5. The highest BCUT2D eigenvalue weighted by molar-refractivity contribution is 4.84. The molecule has 1 heterocycles. The van der Waals surface area contributed by atoms with Gasteiger partial charge in [-0.05, 0) is 25.7 Å². The molecule has 1 unspecified atom stereocenters. The van der Waals surface area contributed by atoms with Crippen molar-refractivity contribution >= 4 is 0 Å². The number of rotatable bonds is 12. The lowest BCUT2D eigenvalue weighted by Gasteiger charge is -2.37. The third-order valence-electron chi connectivity index (χ3n) is 3.80. The van der Waals surface area contributed by atoms with Crippen LogP contribution in [-0.4, -0.2) is 67.0 Å². The predicted molar refractivity (Wildman–Crippen MR) is 79.2 cm³/mol. The quantitative estimate of drug-likeness (QED) is 0.551. The number of methoxy groups -OCH3 is 2. The van der Waals surface area contributed by atoms with E-state index in [9.17, 15) is 0 Å². The van der Waals surface area contributed by atoms with Crippen LogP contribution in [0.4, 0.5) is 0 Å². The van der Waals surface area contributed by atoms with Gasteiger partial charge in [0, 0.05) is 59.2 Å². The van der Waals surface area contributed by atoms with Crippen LogP contribution in [0.2, 0.25) is 0 Å². The highest BCUT2D eigenvalue weighted by Gasteiger charge is 2.32. The lowest BCUT2D eigenvalue weighted by Crippen LogP contribution is -2.42. The molecule has 5 nitrogen and oxygen atoms in total. The summed E-state index contributed by atoms with van der Waals surface area (Å²) in [7, 11) is 3.45. The zero-order chi connectivity index (χ0) is 14.5. The molecule has 1 saturated heterocycles. The first-order valence-corrected chi connectivity index (χ1v) is 7.67. The van der Waals surface area contributed by atoms with Gasteiger partial charge in [0.2, 0.25) is 0 Å². The van der Waals surface area contributed by atoms with Gasteiger partial charge in [-0.1, -0.05) is 0 Å². The van der Waals surface area contributed by atoms with E-state index in [2.05, 4.69) is 5.32 Å². The van der Waals surface area contributed by atoms with Crippen LogP contribution in [0.1, 0.15) is 25.7 Å². The summed E-state index contributed by atoms with van der Waals surface area (Å²) in [6, 6.07) is 0. The third-order valence-corrected chi connectivity index (χ3v) is 3.80. The maximum Gasteiger partial charge on any atom is 0.0587 e. The minimum atomic E-state index is 0.229. The van der Waals surface area contributed by atoms with Gasteiger partial charge in [-0.25, -0.2) is 0 Å². The van der Waals surface area contributed by atoms with E-state index >= 15 is 0 Å². The van der Waals surface area contributed by atoms with Crippen LogP contribution in [0.15, 0.2) is 0 Å². The molecule has 1 fully saturated rings. The Morgan fingerprint density at radius 1 is 1.10 bits per heavy atom. The molecule has 1 N–H and O–H groups in total. The maximum absolute atomic E-state index is 5.70. The maximum atomic E-state index is 5.70. The fraction of sp³-hybridized carbons (Fsp3) is 1.00. The molecule has 1 aliphatic rings. The average Bonchev–Trinajstić information content (AvgIpc) is 2.48. The van der Waals surface area contributed by atoms with Gasteiger partial charge in [0.25, 0.3) is 0 Å². The summed E-state index contributed by atoms with van der Waals surface area (Å²) in [5.41, 5.74) is 0.229. The van der Waals surface area contributed by atoms with E-state index in [1.165, 1.54) is 6.42 Å². The van der Waals surface area contributed by atoms with Crippen LogP contribution in [0.3, 0.4) is 0 Å². The van der Waals surface area contributed by atoms with Gasteiger partial charge in [0.05, 0.1) is 13.2 Å². The minimum absolute atomic E-state index is 0.229. The topological polar surface area (TPSA) is 49.0 Å². The van der Waals surface area contributed by atoms with Crippen molar-refractivity contribution in [2.75, 3.05) is 67.0 Å². The van der Waals surface area contributed by atoms with E-state index < -0.39 is 0 Å². The largest absolute Gasteiger partial charge is 0.385 e. The van der Waals surface area contributed by atoms with E-state index in [0.717, 1.165) is 72.0 Å². The van der Waals surface area contributed by atoms with Gasteiger partial charge in [-0.15, -0.1) is 0 Å². The van der Waals surface area contributed by atoms with Gasteiger partial charge in [0.1, 0.15) is 0 Å². The average molecular weight is 289 g/mol. The monoisotopic (exact) mass is 289 g/mol. The molecule has 0 radical (unpaired) electrons. The van der Waals surface area contributed by atoms with Crippen LogP contribution < -0.4 is 5.32 Å². The van der Waals surface area contributed by atoms with E-state index in [1.807, 2.05) is 0 Å². The SMILES string of the molecule is COCCCOCCC1(CNCCOC)CCCOC1. The Hall–Kier alpha value is -0.200. The highest BCUT2D eigenvalue weighted by Crippen LogP contribution is 2.31. The summed E-state index contributed by atoms with van der Waals surface area (Å²) in [6.45, 7) is 6.73. The molecular weight excluding hydrogens is 258 g/mol. The van der Waals surface area contributed by atoms with Crippen molar-refractivity contribution in [1.82, 2.24) is 5.32 Å². The molecule has 1 aliphatic heterocycles. The molecule has 0 aromatic heterocycles. The van der Waals surface area contributed by atoms with E-state index in [1.54, 1.807) is 14.2 Å². The van der Waals surface area contributed by atoms with Crippen molar-refractivity contribution in [2.24, 2.45) is 5.41 Å². The Balaban J connectivity index is 2.20. The number of hydrogen-bond donors (Lipinski definition) is 1. The minimum Gasteiger partial charge on any atom is -0.385 e. The zero-order valence-corrected chi connectivity index (χ0v) is 13.1. The normalized spacial score (nSPS) is 23.1. The molecule has 5 heteroatoms. The van der Waals surface area contributed by atoms with Crippen LogP contribution in [0, 0.1) is 5.41 Å². The second kappa shape index (κ2) is 11.5. The lowest BCUT2D eigenvalue weighted by atomic mass is 9.79. The van der Waals surface area contributed by atoms with Crippen LogP contribution in [0.5, 0.6) is 0 Å². The molecule has 0 spiro atoms. The number of nitrogens with one attached hydrogen (secondary N) is 1. The zero-order valence-electron chi connectivity index (χ0n) is 13.1. The van der Waals surface area contributed by atoms with E-state index in [4.69, 9.17) is 18.9 Å². The molecule has 0 aromatic rings. The van der Waals surface area contributed by atoms with Gasteiger partial charge in [0.15, 0.2) is 0 Å². The Kier molecular flexibility index (Phi) is 10.2. The third kappa shape index (κ3) is 7.55. The van der Waals surface area contributed by atoms with E-state index in [-0.39, 0.29) is 5.41 Å². The lowest BCUT2D eigenvalue weighted by molar-refractivity contribution is -0.0285. The molecular formula is C15H31NO4. The Morgan fingerprint density at radius 3 is 2.65 bits per heavy atom. The molecule has 1 atom stereocenters.